The van der Waals surface area contributed by atoms with Crippen LogP contribution in [-0.2, 0) is 5.41 Å². The van der Waals surface area contributed by atoms with Crippen LogP contribution in [0.25, 0.3) is 42.5 Å². The average Bonchev–Trinajstić information content (AvgIpc) is 3.31. The summed E-state index contributed by atoms with van der Waals surface area (Å²) >= 11 is 3.36. The zero-order valence-corrected chi connectivity index (χ0v) is 18.2. The lowest BCUT2D eigenvalue weighted by Crippen LogP contribution is -2.12. The summed E-state index contributed by atoms with van der Waals surface area (Å²) in [5, 5.41) is 5.27. The summed E-state index contributed by atoms with van der Waals surface area (Å²) in [5.41, 5.74) is 4.27. The molecule has 0 amide bonds. The molecular formula is C24H20N2OS2. The number of furan rings is 1. The first-order valence-corrected chi connectivity index (χ1v) is 11.1. The molecule has 29 heavy (non-hydrogen) atoms. The zero-order chi connectivity index (χ0) is 20.2. The van der Waals surface area contributed by atoms with E-state index < -0.39 is 0 Å². The maximum atomic E-state index is 5.65. The topological polar surface area (TPSA) is 38.9 Å². The molecule has 0 bridgehead atoms. The smallest absolute Gasteiger partial charge is 0.134 e. The van der Waals surface area contributed by atoms with Crippen molar-refractivity contribution in [2.24, 2.45) is 0 Å². The second kappa shape index (κ2) is 6.71. The van der Waals surface area contributed by atoms with Gasteiger partial charge in [0.1, 0.15) is 16.7 Å². The van der Waals surface area contributed by atoms with Crippen molar-refractivity contribution in [3.63, 3.8) is 0 Å². The van der Waals surface area contributed by atoms with Crippen LogP contribution in [0, 0.1) is 0 Å². The minimum atomic E-state index is 0.0159. The number of hydrogen-bond donors (Lipinski definition) is 0. The lowest BCUT2D eigenvalue weighted by atomic mass is 9.85. The highest BCUT2D eigenvalue weighted by Crippen LogP contribution is 2.43. The molecule has 0 saturated heterocycles. The molecule has 0 spiro atoms. The highest BCUT2D eigenvalue weighted by atomic mass is 32.2. The van der Waals surface area contributed by atoms with Crippen LogP contribution in [0.2, 0.25) is 0 Å². The van der Waals surface area contributed by atoms with Crippen LogP contribution in [0.1, 0.15) is 26.3 Å². The van der Waals surface area contributed by atoms with Gasteiger partial charge in [0, 0.05) is 31.3 Å². The third kappa shape index (κ3) is 2.96. The Hall–Kier alpha value is -2.63. The van der Waals surface area contributed by atoms with E-state index in [0.29, 0.717) is 0 Å². The fourth-order valence-corrected chi connectivity index (χ4v) is 5.70. The van der Waals surface area contributed by atoms with E-state index in [0.717, 1.165) is 32.4 Å². The van der Waals surface area contributed by atoms with Gasteiger partial charge in [-0.3, -0.25) is 0 Å². The first kappa shape index (κ1) is 18.4. The van der Waals surface area contributed by atoms with Crippen molar-refractivity contribution < 1.29 is 4.42 Å². The summed E-state index contributed by atoms with van der Waals surface area (Å²) in [5.74, 6) is 0. The van der Waals surface area contributed by atoms with E-state index in [1.807, 2.05) is 17.5 Å². The molecule has 0 N–H and O–H groups in total. The molecule has 3 heterocycles. The molecule has 0 radical (unpaired) electrons. The number of thiophene rings is 1. The van der Waals surface area contributed by atoms with E-state index in [4.69, 9.17) is 9.40 Å². The molecular weight excluding hydrogens is 396 g/mol. The third-order valence-corrected chi connectivity index (χ3v) is 6.98. The van der Waals surface area contributed by atoms with Gasteiger partial charge >= 0.3 is 0 Å². The average molecular weight is 417 g/mol. The lowest BCUT2D eigenvalue weighted by Gasteiger charge is -2.23. The van der Waals surface area contributed by atoms with Gasteiger partial charge in [-0.25, -0.2) is 9.97 Å². The second-order valence-corrected chi connectivity index (χ2v) is 10.1. The maximum absolute atomic E-state index is 5.65. The molecule has 5 aromatic rings. The third-order valence-electron chi connectivity index (χ3n) is 5.14. The minimum absolute atomic E-state index is 0.0159. The van der Waals surface area contributed by atoms with Crippen LogP contribution in [0.4, 0.5) is 0 Å². The van der Waals surface area contributed by atoms with Gasteiger partial charge in [0.15, 0.2) is 0 Å². The van der Waals surface area contributed by atoms with Gasteiger partial charge in [0.25, 0.3) is 0 Å². The van der Waals surface area contributed by atoms with Gasteiger partial charge in [0.05, 0.1) is 12.0 Å². The van der Waals surface area contributed by atoms with Gasteiger partial charge in [-0.2, -0.15) is 0 Å². The summed E-state index contributed by atoms with van der Waals surface area (Å²) in [6.07, 6.45) is 3.42. The van der Waals surface area contributed by atoms with Crippen molar-refractivity contribution in [2.45, 2.75) is 31.1 Å². The zero-order valence-electron chi connectivity index (χ0n) is 16.5. The predicted octanol–water partition coefficient (Wildman–Crippen LogP) is 7.79. The minimum Gasteiger partial charge on any atom is -0.464 e. The van der Waals surface area contributed by atoms with Crippen LogP contribution in [-0.4, -0.2) is 9.97 Å². The first-order valence-electron chi connectivity index (χ1n) is 9.43. The molecule has 5 rings (SSSR count). The second-order valence-electron chi connectivity index (χ2n) is 8.02. The summed E-state index contributed by atoms with van der Waals surface area (Å²) in [6, 6.07) is 12.8. The number of benzene rings is 2. The van der Waals surface area contributed by atoms with Gasteiger partial charge in [-0.05, 0) is 46.7 Å². The fraction of sp³-hybridized carbons (Fsp3) is 0.167. The molecule has 144 valence electrons. The Morgan fingerprint density at radius 1 is 1.07 bits per heavy atom. The van der Waals surface area contributed by atoms with E-state index in [-0.39, 0.29) is 5.41 Å². The summed E-state index contributed by atoms with van der Waals surface area (Å²) in [6.45, 7) is 10.6. The Labute approximate surface area is 177 Å². The first-order chi connectivity index (χ1) is 14.0. The Bertz CT molecular complexity index is 1390. The molecule has 0 fully saturated rings. The van der Waals surface area contributed by atoms with Crippen molar-refractivity contribution in [1.29, 1.82) is 0 Å². The Morgan fingerprint density at radius 3 is 2.72 bits per heavy atom. The Morgan fingerprint density at radius 2 is 1.93 bits per heavy atom. The molecule has 0 aliphatic heterocycles. The maximum Gasteiger partial charge on any atom is 0.134 e. The van der Waals surface area contributed by atoms with E-state index in [2.05, 4.69) is 56.6 Å². The van der Waals surface area contributed by atoms with Gasteiger partial charge < -0.3 is 4.42 Å². The Kier molecular flexibility index (Phi) is 4.26. The Balaban J connectivity index is 1.85. The molecule has 0 aliphatic carbocycles. The quantitative estimate of drug-likeness (QED) is 0.281. The van der Waals surface area contributed by atoms with Crippen LogP contribution in [0.3, 0.4) is 0 Å². The number of thioether (sulfide) groups is 1. The normalized spacial score (nSPS) is 12.2. The largest absolute Gasteiger partial charge is 0.464 e. The SMILES string of the molecule is C=CSc1ccc(-c2ncnc3sc4ccc5occc5c4c23)cc1C(C)(C)C. The van der Waals surface area contributed by atoms with Crippen molar-refractivity contribution in [1.82, 2.24) is 9.97 Å². The molecule has 2 aromatic carbocycles. The number of rotatable bonds is 3. The number of nitrogens with zero attached hydrogens (tertiary/aromatic N) is 2. The van der Waals surface area contributed by atoms with Gasteiger partial charge in [-0.15, -0.1) is 11.3 Å². The number of hydrogen-bond acceptors (Lipinski definition) is 5. The molecule has 0 atom stereocenters. The highest BCUT2D eigenvalue weighted by molar-refractivity contribution is 8.02. The van der Waals surface area contributed by atoms with Crippen molar-refractivity contribution >= 4 is 54.4 Å². The van der Waals surface area contributed by atoms with Crippen LogP contribution >= 0.6 is 23.1 Å². The van der Waals surface area contributed by atoms with Crippen molar-refractivity contribution in [2.75, 3.05) is 0 Å². The van der Waals surface area contributed by atoms with Crippen molar-refractivity contribution in [3.8, 4) is 11.3 Å². The molecule has 0 unspecified atom stereocenters. The molecule has 3 aromatic heterocycles. The van der Waals surface area contributed by atoms with Crippen LogP contribution in [0.5, 0.6) is 0 Å². The summed E-state index contributed by atoms with van der Waals surface area (Å²) < 4.78 is 6.85. The van der Waals surface area contributed by atoms with Gasteiger partial charge in [0.2, 0.25) is 0 Å². The highest BCUT2D eigenvalue weighted by Gasteiger charge is 2.21. The number of fused-ring (bicyclic) bond motifs is 5. The summed E-state index contributed by atoms with van der Waals surface area (Å²) in [4.78, 5) is 11.5. The van der Waals surface area contributed by atoms with Crippen molar-refractivity contribution in [3.05, 3.63) is 66.5 Å². The van der Waals surface area contributed by atoms with Gasteiger partial charge in [-0.1, -0.05) is 45.2 Å². The number of aromatic nitrogens is 2. The molecule has 0 saturated carbocycles. The van der Waals surface area contributed by atoms with E-state index >= 15 is 0 Å². The molecule has 0 aliphatic rings. The fourth-order valence-electron chi connectivity index (χ4n) is 3.82. The predicted molar refractivity (Wildman–Crippen MR) is 125 cm³/mol. The standard InChI is InChI=1S/C24H20N2OS2/c1-5-28-18-8-6-14(12-16(18)24(2,3)4)22-21-20-15-10-11-27-17(15)7-9-19(20)29-23(21)26-13-25-22/h5-13H,1H2,2-4H3. The van der Waals surface area contributed by atoms with E-state index in [1.165, 1.54) is 20.5 Å². The van der Waals surface area contributed by atoms with E-state index in [1.54, 1.807) is 35.7 Å². The molecule has 5 heteroatoms. The van der Waals surface area contributed by atoms with E-state index in [9.17, 15) is 0 Å². The summed E-state index contributed by atoms with van der Waals surface area (Å²) in [7, 11) is 0. The van der Waals surface area contributed by atoms with Crippen LogP contribution in [0.15, 0.2) is 70.3 Å². The molecule has 3 nitrogen and oxygen atoms in total. The lowest BCUT2D eigenvalue weighted by molar-refractivity contribution is 0.578. The van der Waals surface area contributed by atoms with Crippen LogP contribution < -0.4 is 0 Å². The monoisotopic (exact) mass is 416 g/mol.